The van der Waals surface area contributed by atoms with Crippen LogP contribution in [0.2, 0.25) is 0 Å². The first-order chi connectivity index (χ1) is 13.3. The minimum atomic E-state index is -1.15. The molecule has 2 rings (SSSR count). The van der Waals surface area contributed by atoms with Gasteiger partial charge < -0.3 is 5.11 Å². The Kier molecular flexibility index (Phi) is 8.26. The average molecular weight is 363 g/mol. The molecule has 0 radical (unpaired) electrons. The fraction of sp³-hybridized carbons (Fsp3) is 0. The largest absolute Gasteiger partial charge is 0.478 e. The zero-order valence-electron chi connectivity index (χ0n) is 14.3. The summed E-state index contributed by atoms with van der Waals surface area (Å²) in [5, 5.41) is 20.0. The van der Waals surface area contributed by atoms with Gasteiger partial charge in [0, 0.05) is 5.39 Å². The number of aromatic carboxylic acids is 1. The highest BCUT2D eigenvalue weighted by atomic mass is 17.0. The molecule has 0 saturated carbocycles. The van der Waals surface area contributed by atoms with Crippen LogP contribution in [0.3, 0.4) is 0 Å². The van der Waals surface area contributed by atoms with Crippen LogP contribution in [-0.2, 0) is 0 Å². The summed E-state index contributed by atoms with van der Waals surface area (Å²) in [7, 11) is 0. The second-order valence-corrected chi connectivity index (χ2v) is 4.94. The molecule has 7 heteroatoms. The van der Waals surface area contributed by atoms with Crippen molar-refractivity contribution in [3.63, 3.8) is 0 Å². The van der Waals surface area contributed by atoms with Gasteiger partial charge in [-0.25, -0.2) is 4.79 Å². The Bertz CT molecular complexity index is 996. The van der Waals surface area contributed by atoms with Gasteiger partial charge in [0.2, 0.25) is 0 Å². The number of carboxylic acids is 1. The highest BCUT2D eigenvalue weighted by molar-refractivity contribution is 5.86. The molecule has 27 heavy (non-hydrogen) atoms. The average Bonchev–Trinajstić information content (AvgIpc) is 2.66. The van der Waals surface area contributed by atoms with Crippen molar-refractivity contribution in [1.82, 2.24) is 15.6 Å². The molecule has 0 aliphatic carbocycles. The van der Waals surface area contributed by atoms with Gasteiger partial charge in [0.1, 0.15) is 0 Å². The van der Waals surface area contributed by atoms with Gasteiger partial charge in [0.15, 0.2) is 5.58 Å². The summed E-state index contributed by atoms with van der Waals surface area (Å²) in [5.74, 6) is -1.15. The summed E-state index contributed by atoms with van der Waals surface area (Å²) in [6.45, 7) is 0. The Morgan fingerprint density at radius 2 is 1.33 bits per heavy atom. The molecule has 0 aliphatic rings. The van der Waals surface area contributed by atoms with Crippen LogP contribution < -0.4 is 0 Å². The van der Waals surface area contributed by atoms with E-state index in [1.807, 2.05) is 54.6 Å². The van der Waals surface area contributed by atoms with Gasteiger partial charge in [-0.05, 0) is 17.3 Å². The second kappa shape index (κ2) is 11.5. The first-order valence-corrected chi connectivity index (χ1v) is 7.92. The number of fused-ring (bicyclic) bond motifs is 1. The van der Waals surface area contributed by atoms with E-state index in [1.165, 1.54) is 6.07 Å². The second-order valence-electron chi connectivity index (χ2n) is 4.94. The van der Waals surface area contributed by atoms with Crippen molar-refractivity contribution < 1.29 is 19.2 Å². The quantitative estimate of drug-likeness (QED) is 0.749. The van der Waals surface area contributed by atoms with Crippen molar-refractivity contribution in [2.45, 2.75) is 0 Å². The predicted molar refractivity (Wildman–Crippen MR) is 99.3 cm³/mol. The maximum atomic E-state index is 11.1. The molecule has 1 aromatic carbocycles. The van der Waals surface area contributed by atoms with Crippen molar-refractivity contribution in [3.05, 3.63) is 103 Å². The van der Waals surface area contributed by atoms with Crippen molar-refractivity contribution >= 4 is 16.9 Å². The molecule has 7 nitrogen and oxygen atoms in total. The van der Waals surface area contributed by atoms with E-state index >= 15 is 0 Å². The van der Waals surface area contributed by atoms with Crippen molar-refractivity contribution in [1.29, 1.82) is 0 Å². The fourth-order valence-corrected chi connectivity index (χ4v) is 1.81. The summed E-state index contributed by atoms with van der Waals surface area (Å²) in [6.07, 6.45) is 1.04. The van der Waals surface area contributed by atoms with Crippen LogP contribution in [0.15, 0.2) is 106 Å². The molecule has 1 aromatic heterocycles. The molecule has 0 unspecified atom stereocenters. The number of hydrogen-bond donors (Lipinski definition) is 1. The highest BCUT2D eigenvalue weighted by Crippen LogP contribution is 2.08. The normalized spacial score (nSPS) is 9.04. The maximum absolute atomic E-state index is 11.1. The van der Waals surface area contributed by atoms with Gasteiger partial charge in [0.05, 0.1) is 17.0 Å². The Hall–Kier alpha value is -4.00. The number of carbonyl (C=O) groups is 1. The lowest BCUT2D eigenvalue weighted by Gasteiger charge is -1.86. The molecule has 0 amide bonds. The highest BCUT2D eigenvalue weighted by Gasteiger charge is 1.97. The first-order valence-electron chi connectivity index (χ1n) is 7.92. The molecular formula is C20H17N3O4. The van der Waals surface area contributed by atoms with Crippen LogP contribution >= 0.6 is 0 Å². The lowest BCUT2D eigenvalue weighted by atomic mass is 10.2. The number of aromatic nitrogens is 3. The minimum Gasteiger partial charge on any atom is -0.478 e. The number of nitrogens with zero attached hydrogens (tertiary/aromatic N) is 3. The first kappa shape index (κ1) is 19.3. The third kappa shape index (κ3) is 7.61. The Balaban J connectivity index is 2.57. The molecule has 0 fully saturated rings. The van der Waals surface area contributed by atoms with E-state index in [0.717, 1.165) is 11.6 Å². The third-order valence-electron chi connectivity index (χ3n) is 3.05. The minimum absolute atomic E-state index is 0.0668. The van der Waals surface area contributed by atoms with Gasteiger partial charge in [-0.3, -0.25) is 4.58 Å². The van der Waals surface area contributed by atoms with Crippen LogP contribution in [0.25, 0.3) is 11.0 Å². The summed E-state index contributed by atoms with van der Waals surface area (Å²) < 4.78 is 9.70. The van der Waals surface area contributed by atoms with E-state index in [4.69, 9.17) is 9.68 Å². The molecule has 2 aromatic rings. The maximum Gasteiger partial charge on any atom is 0.337 e. The summed E-state index contributed by atoms with van der Waals surface area (Å²) in [4.78, 5) is 11.1. The number of carboxylic acid groups (broad SMARTS) is 1. The summed E-state index contributed by atoms with van der Waals surface area (Å²) in [5.41, 5.74) is 0.372. The molecule has 0 atom stereocenters. The van der Waals surface area contributed by atoms with E-state index in [-0.39, 0.29) is 5.56 Å². The molecular weight excluding hydrogens is 346 g/mol. The van der Waals surface area contributed by atoms with E-state index in [9.17, 15) is 4.79 Å². The predicted octanol–water partition coefficient (Wildman–Crippen LogP) is 4.41. The van der Waals surface area contributed by atoms with Crippen molar-refractivity contribution in [3.8, 4) is 0 Å². The molecule has 1 heterocycles. The van der Waals surface area contributed by atoms with Crippen LogP contribution in [0.4, 0.5) is 0 Å². The zero-order valence-corrected chi connectivity index (χ0v) is 14.3. The van der Waals surface area contributed by atoms with Gasteiger partial charge >= 0.3 is 5.97 Å². The van der Waals surface area contributed by atoms with Crippen LogP contribution in [0.5, 0.6) is 0 Å². The fourth-order valence-electron chi connectivity index (χ4n) is 1.81. The molecule has 1 N–H and O–H groups in total. The van der Waals surface area contributed by atoms with Gasteiger partial charge in [-0.2, -0.15) is 0 Å². The Morgan fingerprint density at radius 1 is 0.778 bits per heavy atom. The van der Waals surface area contributed by atoms with Gasteiger partial charge in [0.25, 0.3) is 0 Å². The Morgan fingerprint density at radius 3 is 2.00 bits per heavy atom. The third-order valence-corrected chi connectivity index (χ3v) is 3.05. The molecule has 0 saturated heterocycles. The van der Waals surface area contributed by atoms with Gasteiger partial charge in [-0.1, -0.05) is 78.9 Å². The van der Waals surface area contributed by atoms with Crippen molar-refractivity contribution in [2.75, 3.05) is 0 Å². The monoisotopic (exact) mass is 363 g/mol. The van der Waals surface area contributed by atoms with E-state index in [2.05, 4.69) is 20.3 Å². The van der Waals surface area contributed by atoms with E-state index in [1.54, 1.807) is 30.3 Å². The number of para-hydroxylation sites is 1. The number of rotatable bonds is 1. The van der Waals surface area contributed by atoms with E-state index in [0.29, 0.717) is 5.58 Å². The lowest BCUT2D eigenvalue weighted by molar-refractivity contribution is -0.00550. The zero-order chi connectivity index (χ0) is 19.2. The Labute approximate surface area is 155 Å². The van der Waals surface area contributed by atoms with Gasteiger partial charge in [-0.15, -0.1) is 9.78 Å². The molecule has 0 bridgehead atoms. The summed E-state index contributed by atoms with van der Waals surface area (Å²) in [6, 6.07) is 26.6. The molecule has 136 valence electrons. The van der Waals surface area contributed by atoms with Crippen LogP contribution in [0.1, 0.15) is 10.4 Å². The number of hydrogen-bond acceptors (Lipinski definition) is 6. The van der Waals surface area contributed by atoms with Crippen LogP contribution in [0, 0.1) is 0 Å². The SMILES string of the molecule is O=C(O)c1cccccccccccc2ccccc2oonnnc1. The standard InChI is InChI=1S/C20H17N3O4/c24-20(25)18-14-9-7-5-3-1-2-4-6-8-12-17-13-10-11-15-19(17)26-27-23-22-21-16-18/h1-16H,(H,24,25). The number of benzene rings is 1. The smallest absolute Gasteiger partial charge is 0.337 e. The lowest BCUT2D eigenvalue weighted by Crippen LogP contribution is -1.94. The van der Waals surface area contributed by atoms with E-state index < -0.39 is 5.97 Å². The van der Waals surface area contributed by atoms with Crippen molar-refractivity contribution in [2.24, 2.45) is 0 Å². The topological polar surface area (TPSA) is 102 Å². The molecule has 0 aliphatic heterocycles. The summed E-state index contributed by atoms with van der Waals surface area (Å²) >= 11 is 0. The van der Waals surface area contributed by atoms with Crippen LogP contribution in [-0.4, -0.2) is 26.7 Å². The molecule has 0 spiro atoms.